The zero-order valence-corrected chi connectivity index (χ0v) is 14.5. The molecule has 0 amide bonds. The van der Waals surface area contributed by atoms with Crippen LogP contribution in [0.4, 0.5) is 0 Å². The first-order valence-electron chi connectivity index (χ1n) is 8.24. The summed E-state index contributed by atoms with van der Waals surface area (Å²) in [6.07, 6.45) is 6.97. The third-order valence-electron chi connectivity index (χ3n) is 3.80. The fourth-order valence-electron chi connectivity index (χ4n) is 2.57. The third kappa shape index (κ3) is 4.41. The quantitative estimate of drug-likeness (QED) is 0.629. The molecule has 2 heterocycles. The first kappa shape index (κ1) is 16.6. The highest BCUT2D eigenvalue weighted by Crippen LogP contribution is 2.14. The van der Waals surface area contributed by atoms with Crippen molar-refractivity contribution in [3.8, 4) is 0 Å². The van der Waals surface area contributed by atoms with Gasteiger partial charge in [0.15, 0.2) is 5.82 Å². The lowest BCUT2D eigenvalue weighted by Crippen LogP contribution is -2.10. The molecular formula is C17H21ClN6. The number of hydrogen-bond acceptors (Lipinski definition) is 4. The summed E-state index contributed by atoms with van der Waals surface area (Å²) in [5, 5.41) is 9.57. The minimum atomic E-state index is 0.690. The summed E-state index contributed by atoms with van der Waals surface area (Å²) in [4.78, 5) is 8.71. The predicted octanol–water partition coefficient (Wildman–Crippen LogP) is 3.16. The highest BCUT2D eigenvalue weighted by atomic mass is 35.5. The fraction of sp³-hybridized carbons (Fsp3) is 0.412. The fourth-order valence-corrected chi connectivity index (χ4v) is 2.78. The molecule has 3 rings (SSSR count). The lowest BCUT2D eigenvalue weighted by Gasteiger charge is -2.04. The second-order valence-corrected chi connectivity index (χ2v) is 6.17. The summed E-state index contributed by atoms with van der Waals surface area (Å²) in [7, 11) is 0. The zero-order chi connectivity index (χ0) is 16.8. The molecule has 24 heavy (non-hydrogen) atoms. The molecule has 0 unspecified atom stereocenters. The van der Waals surface area contributed by atoms with Crippen molar-refractivity contribution in [3.05, 3.63) is 59.2 Å². The molecule has 3 aromatic rings. The highest BCUT2D eigenvalue weighted by Gasteiger charge is 2.11. The molecule has 0 N–H and O–H groups in total. The van der Waals surface area contributed by atoms with E-state index in [-0.39, 0.29) is 0 Å². The van der Waals surface area contributed by atoms with Gasteiger partial charge >= 0.3 is 0 Å². The molecule has 0 bridgehead atoms. The standard InChI is InChI=1S/C17H21ClN6/c1-2-3-8-24-17(7-9-23-13-19-12-20-23)21-16(22-24)11-14-5-4-6-15(18)10-14/h4-6,10,12-13H,2-3,7-9,11H2,1H3. The van der Waals surface area contributed by atoms with E-state index < -0.39 is 0 Å². The topological polar surface area (TPSA) is 61.4 Å². The maximum absolute atomic E-state index is 6.06. The van der Waals surface area contributed by atoms with Crippen molar-refractivity contribution in [2.75, 3.05) is 0 Å². The summed E-state index contributed by atoms with van der Waals surface area (Å²) in [6, 6.07) is 7.84. The predicted molar refractivity (Wildman–Crippen MR) is 92.9 cm³/mol. The van der Waals surface area contributed by atoms with Crippen molar-refractivity contribution < 1.29 is 0 Å². The SMILES string of the molecule is CCCCn1nc(Cc2cccc(Cl)c2)nc1CCn1cncn1. The van der Waals surface area contributed by atoms with Crippen LogP contribution >= 0.6 is 11.6 Å². The van der Waals surface area contributed by atoms with Gasteiger partial charge in [-0.3, -0.25) is 4.68 Å². The van der Waals surface area contributed by atoms with Crippen LogP contribution in [0.2, 0.25) is 5.02 Å². The molecular weight excluding hydrogens is 324 g/mol. The number of aryl methyl sites for hydroxylation is 3. The first-order valence-corrected chi connectivity index (χ1v) is 8.62. The number of unbranched alkanes of at least 4 members (excludes halogenated alkanes) is 1. The highest BCUT2D eigenvalue weighted by molar-refractivity contribution is 6.30. The van der Waals surface area contributed by atoms with E-state index >= 15 is 0 Å². The molecule has 0 aliphatic heterocycles. The minimum Gasteiger partial charge on any atom is -0.253 e. The number of hydrogen-bond donors (Lipinski definition) is 0. The molecule has 2 aromatic heterocycles. The van der Waals surface area contributed by atoms with E-state index in [1.165, 1.54) is 0 Å². The molecule has 0 aliphatic carbocycles. The Bertz CT molecular complexity index is 765. The maximum Gasteiger partial charge on any atom is 0.155 e. The molecule has 6 nitrogen and oxygen atoms in total. The number of benzene rings is 1. The second-order valence-electron chi connectivity index (χ2n) is 5.74. The van der Waals surface area contributed by atoms with Gasteiger partial charge in [-0.1, -0.05) is 37.1 Å². The zero-order valence-electron chi connectivity index (χ0n) is 13.8. The van der Waals surface area contributed by atoms with E-state index in [4.69, 9.17) is 16.6 Å². The molecule has 0 radical (unpaired) electrons. The Balaban J connectivity index is 1.74. The third-order valence-corrected chi connectivity index (χ3v) is 4.03. The maximum atomic E-state index is 6.06. The van der Waals surface area contributed by atoms with Crippen LogP contribution in [0.5, 0.6) is 0 Å². The van der Waals surface area contributed by atoms with Crippen molar-refractivity contribution in [1.29, 1.82) is 0 Å². The smallest absolute Gasteiger partial charge is 0.155 e. The van der Waals surface area contributed by atoms with E-state index in [0.717, 1.165) is 54.6 Å². The van der Waals surface area contributed by atoms with Crippen LogP contribution in [0.1, 0.15) is 37.0 Å². The molecule has 0 aliphatic rings. The van der Waals surface area contributed by atoms with Crippen LogP contribution in [0.25, 0.3) is 0 Å². The number of aromatic nitrogens is 6. The molecule has 126 valence electrons. The van der Waals surface area contributed by atoms with Crippen LogP contribution in [0.3, 0.4) is 0 Å². The van der Waals surface area contributed by atoms with Crippen LogP contribution in [0.15, 0.2) is 36.9 Å². The molecule has 1 aromatic carbocycles. The lowest BCUT2D eigenvalue weighted by atomic mass is 10.1. The Hall–Kier alpha value is -2.21. The number of rotatable bonds is 8. The van der Waals surface area contributed by atoms with Gasteiger partial charge in [-0.25, -0.2) is 14.6 Å². The summed E-state index contributed by atoms with van der Waals surface area (Å²) in [6.45, 7) is 3.83. The summed E-state index contributed by atoms with van der Waals surface area (Å²) >= 11 is 6.06. The van der Waals surface area contributed by atoms with Crippen molar-refractivity contribution in [2.24, 2.45) is 0 Å². The Morgan fingerprint density at radius 1 is 1.21 bits per heavy atom. The normalized spacial score (nSPS) is 11.1. The summed E-state index contributed by atoms with van der Waals surface area (Å²) in [5.41, 5.74) is 1.12. The van der Waals surface area contributed by atoms with Gasteiger partial charge in [0.05, 0.1) is 0 Å². The molecule has 0 atom stereocenters. The van der Waals surface area contributed by atoms with Crippen molar-refractivity contribution >= 4 is 11.6 Å². The van der Waals surface area contributed by atoms with Gasteiger partial charge in [0.2, 0.25) is 0 Å². The second kappa shape index (κ2) is 8.06. The average Bonchev–Trinajstić information content (AvgIpc) is 3.20. The first-order chi connectivity index (χ1) is 11.7. The number of nitrogens with zero attached hydrogens (tertiary/aromatic N) is 6. The molecule has 0 saturated heterocycles. The number of halogens is 1. The summed E-state index contributed by atoms with van der Waals surface area (Å²) < 4.78 is 3.84. The van der Waals surface area contributed by atoms with Crippen LogP contribution < -0.4 is 0 Å². The molecule has 0 saturated carbocycles. The van der Waals surface area contributed by atoms with E-state index in [2.05, 4.69) is 22.1 Å². The van der Waals surface area contributed by atoms with E-state index in [1.54, 1.807) is 12.7 Å². The molecule has 0 fully saturated rings. The largest absolute Gasteiger partial charge is 0.253 e. The van der Waals surface area contributed by atoms with Crippen LogP contribution in [-0.2, 0) is 25.9 Å². The molecule has 0 spiro atoms. The van der Waals surface area contributed by atoms with E-state index in [9.17, 15) is 0 Å². The van der Waals surface area contributed by atoms with E-state index in [0.29, 0.717) is 6.42 Å². The molecule has 7 heteroatoms. The van der Waals surface area contributed by atoms with Gasteiger partial charge in [0, 0.05) is 31.0 Å². The lowest BCUT2D eigenvalue weighted by molar-refractivity contribution is 0.517. The van der Waals surface area contributed by atoms with E-state index in [1.807, 2.05) is 33.6 Å². The minimum absolute atomic E-state index is 0.690. The Morgan fingerprint density at radius 2 is 2.12 bits per heavy atom. The van der Waals surface area contributed by atoms with Gasteiger partial charge in [-0.15, -0.1) is 0 Å². The van der Waals surface area contributed by atoms with Gasteiger partial charge in [-0.2, -0.15) is 10.2 Å². The van der Waals surface area contributed by atoms with Crippen molar-refractivity contribution in [1.82, 2.24) is 29.5 Å². The Kier molecular flexibility index (Phi) is 5.59. The van der Waals surface area contributed by atoms with Crippen LogP contribution in [0, 0.1) is 0 Å². The van der Waals surface area contributed by atoms with Gasteiger partial charge in [0.1, 0.15) is 18.5 Å². The van der Waals surface area contributed by atoms with Gasteiger partial charge in [0.25, 0.3) is 0 Å². The monoisotopic (exact) mass is 344 g/mol. The Labute approximate surface area is 146 Å². The van der Waals surface area contributed by atoms with Crippen molar-refractivity contribution in [3.63, 3.8) is 0 Å². The average molecular weight is 345 g/mol. The summed E-state index contributed by atoms with van der Waals surface area (Å²) in [5.74, 6) is 1.83. The van der Waals surface area contributed by atoms with Crippen molar-refractivity contribution in [2.45, 2.75) is 45.7 Å². The Morgan fingerprint density at radius 3 is 2.88 bits per heavy atom. The van der Waals surface area contributed by atoms with Gasteiger partial charge in [-0.05, 0) is 24.1 Å². The van der Waals surface area contributed by atoms with Gasteiger partial charge < -0.3 is 0 Å². The van der Waals surface area contributed by atoms with Crippen LogP contribution in [-0.4, -0.2) is 29.5 Å².